The fraction of sp³-hybridized carbons (Fsp3) is 0.714. The summed E-state index contributed by atoms with van der Waals surface area (Å²) < 4.78 is 4.00. The van der Waals surface area contributed by atoms with E-state index in [2.05, 4.69) is 11.8 Å². The van der Waals surface area contributed by atoms with E-state index < -0.39 is 0 Å². The molecule has 0 heterocycles. The van der Waals surface area contributed by atoms with Gasteiger partial charge in [0.05, 0.1) is 0 Å². The standard InChI is InChI=1S/C3H6O.C2H5O.C2H6.Y/c1-3(2)4;1-3-2;1-2;/h1-2H3;1H2,2H3;1-2H3;/q;-1;;. The Kier molecular flexibility index (Phi) is 74.3. The van der Waals surface area contributed by atoms with Gasteiger partial charge in [0, 0.05) is 32.7 Å². The van der Waals surface area contributed by atoms with Gasteiger partial charge in [-0.25, -0.2) is 7.11 Å². The maximum Gasteiger partial charge on any atom is 0.126 e. The SMILES string of the molecule is CC.CC(C)=O.[CH2-]OC.[Y]. The summed E-state index contributed by atoms with van der Waals surface area (Å²) in [4.78, 5) is 9.44. The molecule has 0 rings (SSSR count). The number of ether oxygens (including phenoxy) is 1. The van der Waals surface area contributed by atoms with Gasteiger partial charge in [-0.1, -0.05) is 13.8 Å². The Labute approximate surface area is 89.6 Å². The van der Waals surface area contributed by atoms with Gasteiger partial charge >= 0.3 is 0 Å². The molecule has 0 saturated heterocycles. The second-order valence-corrected chi connectivity index (χ2v) is 1.20. The molecule has 0 aliphatic heterocycles. The van der Waals surface area contributed by atoms with Gasteiger partial charge in [0.25, 0.3) is 0 Å². The molecule has 0 saturated carbocycles. The Morgan fingerprint density at radius 2 is 1.30 bits per heavy atom. The molecule has 61 valence electrons. The molecule has 0 aliphatic carbocycles. The molecule has 10 heavy (non-hydrogen) atoms. The van der Waals surface area contributed by atoms with E-state index in [0.717, 1.165) is 0 Å². The number of hydrogen-bond donors (Lipinski definition) is 0. The number of Topliss-reactive ketones (excluding diaryl/α,β-unsaturated/α-hetero) is 1. The van der Waals surface area contributed by atoms with E-state index in [4.69, 9.17) is 0 Å². The van der Waals surface area contributed by atoms with E-state index in [1.165, 1.54) is 21.0 Å². The Morgan fingerprint density at radius 1 is 1.30 bits per heavy atom. The zero-order valence-electron chi connectivity index (χ0n) is 7.60. The Hall–Kier alpha value is 0.734. The first-order valence-electron chi connectivity index (χ1n) is 2.90. The molecule has 0 amide bonds. The number of methoxy groups -OCH3 is 1. The first kappa shape index (κ1) is 22.4. The minimum absolute atomic E-state index is 0. The number of carbonyl (C=O) groups is 1. The predicted molar refractivity (Wildman–Crippen MR) is 40.1 cm³/mol. The molecule has 0 bridgehead atoms. The fourth-order valence-electron chi connectivity index (χ4n) is 0. The van der Waals surface area contributed by atoms with E-state index in [9.17, 15) is 4.79 Å². The average Bonchev–Trinajstić information content (AvgIpc) is 1.71. The summed E-state index contributed by atoms with van der Waals surface area (Å²) in [5, 5.41) is 0. The van der Waals surface area contributed by atoms with Crippen molar-refractivity contribution in [1.29, 1.82) is 0 Å². The molecule has 3 heteroatoms. The molecule has 0 atom stereocenters. The van der Waals surface area contributed by atoms with E-state index in [1.54, 1.807) is 0 Å². The van der Waals surface area contributed by atoms with Crippen LogP contribution in [0.5, 0.6) is 0 Å². The molecular formula is C7H17O2Y-. The quantitative estimate of drug-likeness (QED) is 0.586. The minimum Gasteiger partial charge on any atom is -0.557 e. The van der Waals surface area contributed by atoms with Crippen LogP contribution in [0.4, 0.5) is 0 Å². The van der Waals surface area contributed by atoms with Crippen LogP contribution in [-0.2, 0) is 42.2 Å². The van der Waals surface area contributed by atoms with Gasteiger partial charge in [-0.2, -0.15) is 0 Å². The van der Waals surface area contributed by atoms with Crippen molar-refractivity contribution in [2.45, 2.75) is 27.7 Å². The Bertz CT molecular complexity index is 42.9. The summed E-state index contributed by atoms with van der Waals surface area (Å²) in [7, 11) is 4.50. The zero-order chi connectivity index (χ0) is 8.28. The molecule has 0 aliphatic rings. The van der Waals surface area contributed by atoms with Gasteiger partial charge in [0.1, 0.15) is 5.78 Å². The maximum absolute atomic E-state index is 9.44. The van der Waals surface area contributed by atoms with Crippen molar-refractivity contribution in [3.05, 3.63) is 7.11 Å². The zero-order valence-corrected chi connectivity index (χ0v) is 10.4. The average molecular weight is 222 g/mol. The number of hydrogen-bond acceptors (Lipinski definition) is 2. The number of carbonyl (C=O) groups excluding carboxylic acids is 1. The molecule has 1 radical (unpaired) electrons. The third kappa shape index (κ3) is 970. The minimum atomic E-state index is 0. The fourth-order valence-corrected chi connectivity index (χ4v) is 0. The Balaban J connectivity index is -0.0000000273. The van der Waals surface area contributed by atoms with Crippen LogP contribution >= 0.6 is 0 Å². The molecule has 2 nitrogen and oxygen atoms in total. The second-order valence-electron chi connectivity index (χ2n) is 1.20. The van der Waals surface area contributed by atoms with Gasteiger partial charge in [0.15, 0.2) is 0 Å². The van der Waals surface area contributed by atoms with Crippen LogP contribution < -0.4 is 0 Å². The van der Waals surface area contributed by atoms with E-state index >= 15 is 0 Å². The van der Waals surface area contributed by atoms with Crippen LogP contribution in [-0.4, -0.2) is 12.9 Å². The number of ketones is 1. The third-order valence-corrected chi connectivity index (χ3v) is 0. The summed E-state index contributed by atoms with van der Waals surface area (Å²) >= 11 is 0. The van der Waals surface area contributed by atoms with Crippen molar-refractivity contribution < 1.29 is 42.2 Å². The monoisotopic (exact) mass is 222 g/mol. The summed E-state index contributed by atoms with van der Waals surface area (Å²) in [5.74, 6) is 0.167. The normalized spacial score (nSPS) is 5.00. The first-order chi connectivity index (χ1) is 4.15. The van der Waals surface area contributed by atoms with E-state index in [0.29, 0.717) is 0 Å². The van der Waals surface area contributed by atoms with Crippen molar-refractivity contribution >= 4 is 5.78 Å². The van der Waals surface area contributed by atoms with Crippen LogP contribution in [0.25, 0.3) is 0 Å². The van der Waals surface area contributed by atoms with Gasteiger partial charge in [-0.3, -0.25) is 0 Å². The third-order valence-electron chi connectivity index (χ3n) is 0. The molecular weight excluding hydrogens is 205 g/mol. The van der Waals surface area contributed by atoms with Gasteiger partial charge in [0.2, 0.25) is 0 Å². The largest absolute Gasteiger partial charge is 0.557 e. The van der Waals surface area contributed by atoms with Gasteiger partial charge in [-0.05, 0) is 21.0 Å². The predicted octanol–water partition coefficient (Wildman–Crippen LogP) is 2.04. The summed E-state index contributed by atoms with van der Waals surface area (Å²) in [5.41, 5.74) is 0. The Morgan fingerprint density at radius 3 is 1.30 bits per heavy atom. The summed E-state index contributed by atoms with van der Waals surface area (Å²) in [6.07, 6.45) is 0. The van der Waals surface area contributed by atoms with E-state index in [1.807, 2.05) is 13.8 Å². The molecule has 0 aromatic carbocycles. The van der Waals surface area contributed by atoms with Crippen LogP contribution in [0, 0.1) is 7.11 Å². The number of rotatable bonds is 0. The van der Waals surface area contributed by atoms with Gasteiger partial charge < -0.3 is 9.53 Å². The molecule has 0 fully saturated rings. The maximum atomic E-state index is 9.44. The van der Waals surface area contributed by atoms with Crippen LogP contribution in [0.2, 0.25) is 0 Å². The van der Waals surface area contributed by atoms with Crippen LogP contribution in [0.1, 0.15) is 27.7 Å². The first-order valence-corrected chi connectivity index (χ1v) is 2.90. The van der Waals surface area contributed by atoms with Crippen molar-refractivity contribution in [3.63, 3.8) is 0 Å². The van der Waals surface area contributed by atoms with Crippen LogP contribution in [0.3, 0.4) is 0 Å². The molecule has 0 unspecified atom stereocenters. The molecule has 0 aromatic heterocycles. The van der Waals surface area contributed by atoms with Crippen molar-refractivity contribution in [2.75, 3.05) is 7.11 Å². The van der Waals surface area contributed by atoms with Crippen molar-refractivity contribution in [1.82, 2.24) is 0 Å². The summed E-state index contributed by atoms with van der Waals surface area (Å²) in [6, 6.07) is 0. The smallest absolute Gasteiger partial charge is 0.126 e. The van der Waals surface area contributed by atoms with Crippen molar-refractivity contribution in [3.8, 4) is 0 Å². The molecule has 0 aromatic rings. The molecule has 0 spiro atoms. The second kappa shape index (κ2) is 33.1. The van der Waals surface area contributed by atoms with Crippen LogP contribution in [0.15, 0.2) is 0 Å². The van der Waals surface area contributed by atoms with E-state index in [-0.39, 0.29) is 38.5 Å². The van der Waals surface area contributed by atoms with Crippen molar-refractivity contribution in [2.24, 2.45) is 0 Å². The summed E-state index contributed by atoms with van der Waals surface area (Å²) in [6.45, 7) is 7.06. The topological polar surface area (TPSA) is 26.3 Å². The van der Waals surface area contributed by atoms with Gasteiger partial charge in [-0.15, -0.1) is 0 Å². The molecule has 0 N–H and O–H groups in total.